The molecule has 0 radical (unpaired) electrons. The highest BCUT2D eigenvalue weighted by Gasteiger charge is 2.38. The maximum atomic E-state index is 14.0. The van der Waals surface area contributed by atoms with E-state index in [9.17, 15) is 13.6 Å². The fourth-order valence-electron chi connectivity index (χ4n) is 3.65. The smallest absolute Gasteiger partial charge is 0.268 e. The number of fused-ring (bicyclic) bond motifs is 3. The van der Waals surface area contributed by atoms with Crippen LogP contribution >= 0.6 is 0 Å². The van der Waals surface area contributed by atoms with Crippen molar-refractivity contribution in [1.82, 2.24) is 15.2 Å². The number of benzene rings is 1. The summed E-state index contributed by atoms with van der Waals surface area (Å²) in [4.78, 5) is 17.6. The van der Waals surface area contributed by atoms with Gasteiger partial charge >= 0.3 is 0 Å². The Morgan fingerprint density at radius 2 is 2.17 bits per heavy atom. The van der Waals surface area contributed by atoms with E-state index in [-0.39, 0.29) is 28.8 Å². The number of rotatable bonds is 3. The first-order valence-corrected chi connectivity index (χ1v) is 7.64. The fourth-order valence-corrected chi connectivity index (χ4v) is 3.65. The fraction of sp³-hybridized carbons (Fsp3) is 0.438. The van der Waals surface area contributed by atoms with Gasteiger partial charge in [-0.25, -0.2) is 4.39 Å². The van der Waals surface area contributed by atoms with Crippen molar-refractivity contribution in [2.24, 2.45) is 5.92 Å². The third kappa shape index (κ3) is 2.26. The molecule has 5 nitrogen and oxygen atoms in total. The highest BCUT2D eigenvalue weighted by atomic mass is 19.2. The van der Waals surface area contributed by atoms with Gasteiger partial charge in [0.15, 0.2) is 11.6 Å². The zero-order chi connectivity index (χ0) is 16.1. The van der Waals surface area contributed by atoms with E-state index in [0.717, 1.165) is 26.1 Å². The van der Waals surface area contributed by atoms with E-state index < -0.39 is 11.6 Å². The summed E-state index contributed by atoms with van der Waals surface area (Å²) >= 11 is 0. The van der Waals surface area contributed by atoms with Crippen molar-refractivity contribution >= 4 is 16.8 Å². The number of aromatic amines is 1. The van der Waals surface area contributed by atoms with Gasteiger partial charge in [0.25, 0.3) is 5.91 Å². The van der Waals surface area contributed by atoms with Crippen molar-refractivity contribution < 1.29 is 18.3 Å². The number of carbonyl (C=O) groups excluding carboxylic acids is 1. The molecule has 2 saturated heterocycles. The molecule has 2 fully saturated rings. The Labute approximate surface area is 131 Å². The summed E-state index contributed by atoms with van der Waals surface area (Å²) in [5.41, 5.74) is 0.562. The van der Waals surface area contributed by atoms with Gasteiger partial charge in [-0.3, -0.25) is 4.79 Å². The highest BCUT2D eigenvalue weighted by Crippen LogP contribution is 2.30. The van der Waals surface area contributed by atoms with Crippen LogP contribution in [0.25, 0.3) is 10.9 Å². The number of amides is 1. The Morgan fingerprint density at radius 1 is 1.35 bits per heavy atom. The van der Waals surface area contributed by atoms with E-state index in [0.29, 0.717) is 11.4 Å². The SMILES string of the molecule is COc1cc2[nH]c(C(=O)NC3CN4CCC3C4)cc2c(F)c1F. The minimum absolute atomic E-state index is 0.0464. The minimum atomic E-state index is -1.05. The summed E-state index contributed by atoms with van der Waals surface area (Å²) in [6.45, 7) is 2.97. The second-order valence-electron chi connectivity index (χ2n) is 6.24. The first-order chi connectivity index (χ1) is 11.1. The second-order valence-corrected chi connectivity index (χ2v) is 6.24. The number of piperidine rings is 1. The molecule has 2 bridgehead atoms. The van der Waals surface area contributed by atoms with E-state index in [1.54, 1.807) is 0 Å². The average molecular weight is 321 g/mol. The lowest BCUT2D eigenvalue weighted by atomic mass is 10.00. The maximum Gasteiger partial charge on any atom is 0.268 e. The zero-order valence-electron chi connectivity index (χ0n) is 12.7. The van der Waals surface area contributed by atoms with Crippen molar-refractivity contribution in [3.05, 3.63) is 29.5 Å². The van der Waals surface area contributed by atoms with E-state index >= 15 is 0 Å². The normalized spacial score (nSPS) is 26.0. The molecule has 0 aliphatic carbocycles. The molecule has 2 N–H and O–H groups in total. The van der Waals surface area contributed by atoms with Crippen molar-refractivity contribution in [3.8, 4) is 5.75 Å². The number of H-pyrrole nitrogens is 1. The number of hydrogen-bond acceptors (Lipinski definition) is 3. The molecular formula is C16H17F2N3O2. The summed E-state index contributed by atoms with van der Waals surface area (Å²) < 4.78 is 32.6. The summed E-state index contributed by atoms with van der Waals surface area (Å²) in [5.74, 6) is -2.06. The van der Waals surface area contributed by atoms with Crippen LogP contribution in [0.3, 0.4) is 0 Å². The first kappa shape index (κ1) is 14.4. The van der Waals surface area contributed by atoms with E-state index in [4.69, 9.17) is 4.74 Å². The lowest BCUT2D eigenvalue weighted by molar-refractivity contribution is 0.0920. The number of methoxy groups -OCH3 is 1. The molecule has 23 heavy (non-hydrogen) atoms. The van der Waals surface area contributed by atoms with Crippen molar-refractivity contribution in [2.75, 3.05) is 26.7 Å². The average Bonchev–Trinajstić information content (AvgIpc) is 3.25. The number of halogens is 2. The van der Waals surface area contributed by atoms with Crippen LogP contribution in [0.2, 0.25) is 0 Å². The van der Waals surface area contributed by atoms with Gasteiger partial charge in [-0.05, 0) is 24.9 Å². The van der Waals surface area contributed by atoms with Gasteiger partial charge in [0, 0.05) is 30.6 Å². The number of nitrogens with zero attached hydrogens (tertiary/aromatic N) is 1. The van der Waals surface area contributed by atoms with Crippen LogP contribution in [0.4, 0.5) is 8.78 Å². The van der Waals surface area contributed by atoms with Gasteiger partial charge in [-0.15, -0.1) is 0 Å². The monoisotopic (exact) mass is 321 g/mol. The van der Waals surface area contributed by atoms with E-state index in [2.05, 4.69) is 15.2 Å². The summed E-state index contributed by atoms with van der Waals surface area (Å²) in [7, 11) is 1.27. The molecule has 1 aromatic carbocycles. The van der Waals surface area contributed by atoms with Crippen LogP contribution in [-0.2, 0) is 0 Å². The second kappa shape index (κ2) is 5.19. The van der Waals surface area contributed by atoms with Gasteiger partial charge in [0.1, 0.15) is 5.69 Å². The molecule has 1 amide bonds. The van der Waals surface area contributed by atoms with Gasteiger partial charge in [0.05, 0.1) is 12.6 Å². The summed E-state index contributed by atoms with van der Waals surface area (Å²) in [6, 6.07) is 2.82. The molecule has 3 atom stereocenters. The van der Waals surface area contributed by atoms with Crippen LogP contribution in [0.15, 0.2) is 12.1 Å². The molecule has 122 valence electrons. The Balaban J connectivity index is 1.61. The molecule has 1 aromatic heterocycles. The predicted molar refractivity (Wildman–Crippen MR) is 80.6 cm³/mol. The lowest BCUT2D eigenvalue weighted by Crippen LogP contribution is -2.43. The first-order valence-electron chi connectivity index (χ1n) is 7.64. The predicted octanol–water partition coefficient (Wildman–Crippen LogP) is 1.89. The third-order valence-electron chi connectivity index (χ3n) is 4.88. The summed E-state index contributed by atoms with van der Waals surface area (Å²) in [6.07, 6.45) is 1.09. The summed E-state index contributed by atoms with van der Waals surface area (Å²) in [5, 5.41) is 3.04. The lowest BCUT2D eigenvalue weighted by Gasteiger charge is -2.22. The molecule has 3 heterocycles. The Morgan fingerprint density at radius 3 is 2.83 bits per heavy atom. The number of carbonyl (C=O) groups is 1. The van der Waals surface area contributed by atoms with Crippen molar-refractivity contribution in [2.45, 2.75) is 12.5 Å². The number of nitrogens with one attached hydrogen (secondary N) is 2. The zero-order valence-corrected chi connectivity index (χ0v) is 12.7. The molecule has 4 rings (SSSR count). The molecule has 0 spiro atoms. The van der Waals surface area contributed by atoms with Gasteiger partial charge in [0.2, 0.25) is 5.82 Å². The highest BCUT2D eigenvalue weighted by molar-refractivity contribution is 5.98. The van der Waals surface area contributed by atoms with Crippen LogP contribution in [-0.4, -0.2) is 48.6 Å². The molecule has 0 saturated carbocycles. The molecule has 7 heteroatoms. The number of hydrogen-bond donors (Lipinski definition) is 2. The Hall–Kier alpha value is -2.15. The van der Waals surface area contributed by atoms with Crippen LogP contribution < -0.4 is 10.1 Å². The van der Waals surface area contributed by atoms with Crippen molar-refractivity contribution in [3.63, 3.8) is 0 Å². The molecule has 2 aliphatic rings. The maximum absolute atomic E-state index is 14.0. The van der Waals surface area contributed by atoms with Crippen LogP contribution in [0.1, 0.15) is 16.9 Å². The molecule has 2 aromatic rings. The largest absolute Gasteiger partial charge is 0.493 e. The minimum Gasteiger partial charge on any atom is -0.493 e. The van der Waals surface area contributed by atoms with Crippen LogP contribution in [0.5, 0.6) is 5.75 Å². The third-order valence-corrected chi connectivity index (χ3v) is 4.88. The molecule has 3 unspecified atom stereocenters. The Kier molecular flexibility index (Phi) is 3.26. The van der Waals surface area contributed by atoms with Gasteiger partial charge < -0.3 is 19.9 Å². The molecular weight excluding hydrogens is 304 g/mol. The van der Waals surface area contributed by atoms with E-state index in [1.165, 1.54) is 19.2 Å². The van der Waals surface area contributed by atoms with E-state index in [1.807, 2.05) is 0 Å². The van der Waals surface area contributed by atoms with Gasteiger partial charge in [-0.2, -0.15) is 4.39 Å². The van der Waals surface area contributed by atoms with Gasteiger partial charge in [-0.1, -0.05) is 0 Å². The molecule has 2 aliphatic heterocycles. The standard InChI is InChI=1S/C16H17F2N3O2/c1-23-13-5-10-9(14(17)15(13)18)4-11(19-10)16(22)20-12-7-21-3-2-8(12)6-21/h4-5,8,12,19H,2-3,6-7H2,1H3,(H,20,22). The Bertz CT molecular complexity index is 789. The van der Waals surface area contributed by atoms with Crippen LogP contribution in [0, 0.1) is 17.6 Å². The van der Waals surface area contributed by atoms with Crippen molar-refractivity contribution in [1.29, 1.82) is 0 Å². The number of ether oxygens (including phenoxy) is 1. The number of aromatic nitrogens is 1. The topological polar surface area (TPSA) is 57.4 Å². The quantitative estimate of drug-likeness (QED) is 0.908.